The van der Waals surface area contributed by atoms with E-state index in [9.17, 15) is 4.79 Å². The van der Waals surface area contributed by atoms with Crippen LogP contribution in [0.5, 0.6) is 0 Å². The Labute approximate surface area is 153 Å². The van der Waals surface area contributed by atoms with E-state index in [0.29, 0.717) is 15.4 Å². The SMILES string of the molecule is CC[C@H](Sc1ccc(Cl)cc1)C(=O)Nc1nnc(SC(C)C)s1. The van der Waals surface area contributed by atoms with Gasteiger partial charge in [0.25, 0.3) is 0 Å². The highest BCUT2D eigenvalue weighted by Gasteiger charge is 2.19. The number of halogens is 1. The number of thioether (sulfide) groups is 2. The van der Waals surface area contributed by atoms with Gasteiger partial charge in [0.15, 0.2) is 4.34 Å². The number of carbonyl (C=O) groups is 1. The maximum atomic E-state index is 12.4. The van der Waals surface area contributed by atoms with Crippen molar-refractivity contribution in [2.24, 2.45) is 0 Å². The lowest BCUT2D eigenvalue weighted by Gasteiger charge is -2.13. The maximum absolute atomic E-state index is 12.4. The molecule has 23 heavy (non-hydrogen) atoms. The van der Waals surface area contributed by atoms with Crippen molar-refractivity contribution in [1.82, 2.24) is 10.2 Å². The Morgan fingerprint density at radius 2 is 1.96 bits per heavy atom. The average Bonchev–Trinajstić information content (AvgIpc) is 2.92. The van der Waals surface area contributed by atoms with Gasteiger partial charge in [-0.1, -0.05) is 55.5 Å². The number of anilines is 1. The van der Waals surface area contributed by atoms with Crippen LogP contribution < -0.4 is 5.32 Å². The molecule has 1 aromatic carbocycles. The summed E-state index contributed by atoms with van der Waals surface area (Å²) in [7, 11) is 0. The molecule has 0 aliphatic carbocycles. The minimum Gasteiger partial charge on any atom is -0.300 e. The van der Waals surface area contributed by atoms with Gasteiger partial charge in [-0.3, -0.25) is 10.1 Å². The molecule has 1 N–H and O–H groups in total. The summed E-state index contributed by atoms with van der Waals surface area (Å²) in [5.41, 5.74) is 0. The summed E-state index contributed by atoms with van der Waals surface area (Å²) in [5, 5.41) is 12.5. The summed E-state index contributed by atoms with van der Waals surface area (Å²) in [4.78, 5) is 13.4. The Kier molecular flexibility index (Phi) is 7.20. The van der Waals surface area contributed by atoms with E-state index < -0.39 is 0 Å². The normalized spacial score (nSPS) is 12.4. The number of hydrogen-bond acceptors (Lipinski definition) is 6. The summed E-state index contributed by atoms with van der Waals surface area (Å²) in [6, 6.07) is 7.50. The number of rotatable bonds is 7. The van der Waals surface area contributed by atoms with Crippen LogP contribution in [0.1, 0.15) is 27.2 Å². The molecule has 0 radical (unpaired) electrons. The quantitative estimate of drug-likeness (QED) is 0.522. The fourth-order valence-electron chi connectivity index (χ4n) is 1.70. The summed E-state index contributed by atoms with van der Waals surface area (Å²) < 4.78 is 0.869. The third kappa shape index (κ3) is 5.99. The van der Waals surface area contributed by atoms with Crippen molar-refractivity contribution < 1.29 is 4.79 Å². The number of aromatic nitrogens is 2. The highest BCUT2D eigenvalue weighted by atomic mass is 35.5. The molecule has 0 saturated carbocycles. The van der Waals surface area contributed by atoms with Crippen LogP contribution in [0.25, 0.3) is 0 Å². The molecule has 2 rings (SSSR count). The third-order valence-electron chi connectivity index (χ3n) is 2.73. The zero-order valence-electron chi connectivity index (χ0n) is 13.1. The van der Waals surface area contributed by atoms with Crippen molar-refractivity contribution in [3.05, 3.63) is 29.3 Å². The predicted octanol–water partition coefficient (Wildman–Crippen LogP) is 5.20. The molecule has 8 heteroatoms. The lowest BCUT2D eigenvalue weighted by molar-refractivity contribution is -0.115. The first-order valence-corrected chi connectivity index (χ1v) is 10.2. The van der Waals surface area contributed by atoms with E-state index in [-0.39, 0.29) is 11.2 Å². The molecule has 0 aliphatic heterocycles. The second kappa shape index (κ2) is 8.92. The molecule has 0 saturated heterocycles. The number of benzene rings is 1. The van der Waals surface area contributed by atoms with Gasteiger partial charge in [0.1, 0.15) is 0 Å². The van der Waals surface area contributed by atoms with E-state index in [1.54, 1.807) is 11.8 Å². The molecule has 0 unspecified atom stereocenters. The maximum Gasteiger partial charge on any atom is 0.239 e. The number of nitrogens with zero attached hydrogens (tertiary/aromatic N) is 2. The van der Waals surface area contributed by atoms with E-state index in [1.165, 1.54) is 23.1 Å². The van der Waals surface area contributed by atoms with Crippen molar-refractivity contribution in [2.45, 2.75) is 46.9 Å². The van der Waals surface area contributed by atoms with Crippen LogP contribution >= 0.6 is 46.5 Å². The molecule has 2 aromatic rings. The second-order valence-electron chi connectivity index (χ2n) is 5.00. The van der Waals surface area contributed by atoms with Gasteiger partial charge in [-0.15, -0.1) is 22.0 Å². The largest absolute Gasteiger partial charge is 0.300 e. The van der Waals surface area contributed by atoms with E-state index >= 15 is 0 Å². The van der Waals surface area contributed by atoms with Crippen molar-refractivity contribution in [2.75, 3.05) is 5.32 Å². The summed E-state index contributed by atoms with van der Waals surface area (Å²) in [6.45, 7) is 6.19. The molecule has 0 bridgehead atoms. The Morgan fingerprint density at radius 3 is 2.57 bits per heavy atom. The topological polar surface area (TPSA) is 54.9 Å². The molecule has 1 atom stereocenters. The average molecular weight is 388 g/mol. The van der Waals surface area contributed by atoms with Crippen molar-refractivity contribution in [3.8, 4) is 0 Å². The molecule has 1 aromatic heterocycles. The summed E-state index contributed by atoms with van der Waals surface area (Å²) in [6.07, 6.45) is 0.728. The number of hydrogen-bond donors (Lipinski definition) is 1. The van der Waals surface area contributed by atoms with Gasteiger partial charge in [-0.25, -0.2) is 0 Å². The van der Waals surface area contributed by atoms with Crippen LogP contribution in [0, 0.1) is 0 Å². The van der Waals surface area contributed by atoms with Gasteiger partial charge in [0.05, 0.1) is 5.25 Å². The minimum atomic E-state index is -0.179. The Hall–Kier alpha value is -0.760. The van der Waals surface area contributed by atoms with Crippen molar-refractivity contribution in [3.63, 3.8) is 0 Å². The fraction of sp³-hybridized carbons (Fsp3) is 0.400. The number of carbonyl (C=O) groups excluding carboxylic acids is 1. The molecular formula is C15H18ClN3OS3. The van der Waals surface area contributed by atoms with E-state index in [0.717, 1.165) is 15.7 Å². The monoisotopic (exact) mass is 387 g/mol. The number of nitrogens with one attached hydrogen (secondary N) is 1. The third-order valence-corrected chi connectivity index (χ3v) is 6.28. The van der Waals surface area contributed by atoms with Gasteiger partial charge in [0.2, 0.25) is 11.0 Å². The smallest absolute Gasteiger partial charge is 0.239 e. The van der Waals surface area contributed by atoms with Crippen LogP contribution in [0.2, 0.25) is 5.02 Å². The molecule has 1 amide bonds. The molecule has 0 fully saturated rings. The highest BCUT2D eigenvalue weighted by molar-refractivity contribution is 8.01. The van der Waals surface area contributed by atoms with E-state index in [2.05, 4.69) is 29.4 Å². The Morgan fingerprint density at radius 1 is 1.26 bits per heavy atom. The van der Waals surface area contributed by atoms with E-state index in [4.69, 9.17) is 11.6 Å². The highest BCUT2D eigenvalue weighted by Crippen LogP contribution is 2.30. The van der Waals surface area contributed by atoms with Crippen LogP contribution in [0.15, 0.2) is 33.5 Å². The van der Waals surface area contributed by atoms with Crippen LogP contribution in [-0.4, -0.2) is 26.6 Å². The Balaban J connectivity index is 1.96. The lowest BCUT2D eigenvalue weighted by Crippen LogP contribution is -2.24. The van der Waals surface area contributed by atoms with E-state index in [1.807, 2.05) is 31.2 Å². The predicted molar refractivity (Wildman–Crippen MR) is 101 cm³/mol. The lowest BCUT2D eigenvalue weighted by atomic mass is 10.3. The fourth-order valence-corrected chi connectivity index (χ4v) is 4.75. The number of amides is 1. The first-order valence-electron chi connectivity index (χ1n) is 7.21. The second-order valence-corrected chi connectivity index (χ2v) is 9.51. The van der Waals surface area contributed by atoms with Gasteiger partial charge < -0.3 is 0 Å². The van der Waals surface area contributed by atoms with Crippen LogP contribution in [0.4, 0.5) is 5.13 Å². The standard InChI is InChI=1S/C15H18ClN3OS3/c1-4-12(22-11-7-5-10(16)6-8-11)13(20)17-14-18-19-15(23-14)21-9(2)3/h5-9,12H,4H2,1-3H3,(H,17,18,20)/t12-/m0/s1. The van der Waals surface area contributed by atoms with Gasteiger partial charge in [0, 0.05) is 15.2 Å². The summed E-state index contributed by atoms with van der Waals surface area (Å²) in [5.74, 6) is -0.0512. The Bertz CT molecular complexity index is 646. The molecule has 4 nitrogen and oxygen atoms in total. The summed E-state index contributed by atoms with van der Waals surface area (Å²) >= 11 is 10.5. The molecule has 0 spiro atoms. The van der Waals surface area contributed by atoms with Crippen molar-refractivity contribution in [1.29, 1.82) is 0 Å². The molecular weight excluding hydrogens is 370 g/mol. The van der Waals surface area contributed by atoms with Crippen molar-refractivity contribution >= 4 is 57.5 Å². The first-order chi connectivity index (χ1) is 11.0. The zero-order valence-corrected chi connectivity index (χ0v) is 16.3. The molecule has 0 aliphatic rings. The van der Waals surface area contributed by atoms with Gasteiger partial charge in [-0.2, -0.15) is 0 Å². The minimum absolute atomic E-state index is 0.0512. The first kappa shape index (κ1) is 18.6. The molecule has 124 valence electrons. The van der Waals surface area contributed by atoms with Gasteiger partial charge >= 0.3 is 0 Å². The van der Waals surface area contributed by atoms with Crippen LogP contribution in [0.3, 0.4) is 0 Å². The van der Waals surface area contributed by atoms with Gasteiger partial charge in [-0.05, 0) is 30.7 Å². The van der Waals surface area contributed by atoms with Crippen LogP contribution in [-0.2, 0) is 4.79 Å². The molecule has 1 heterocycles. The zero-order chi connectivity index (χ0) is 16.8.